The van der Waals surface area contributed by atoms with Crippen LogP contribution in [0.15, 0.2) is 48.5 Å². The summed E-state index contributed by atoms with van der Waals surface area (Å²) in [6, 6.07) is 14.8. The number of carbonyl (C=O) groups excluding carboxylic acids is 2. The zero-order valence-electron chi connectivity index (χ0n) is 15.2. The lowest BCUT2D eigenvalue weighted by molar-refractivity contribution is 0.0697. The summed E-state index contributed by atoms with van der Waals surface area (Å²) in [5.74, 6) is 0.677. The van der Waals surface area contributed by atoms with E-state index in [1.54, 1.807) is 25.3 Å². The number of carbonyl (C=O) groups is 2. The maximum absolute atomic E-state index is 12.7. The Morgan fingerprint density at radius 1 is 1.04 bits per heavy atom. The molecule has 5 heteroatoms. The SMILES string of the molecule is COc1cc(C(=O)N2CCC(NC(=O)c3ccccc3)CC2)ccc1C. The summed E-state index contributed by atoms with van der Waals surface area (Å²) in [6.45, 7) is 3.22. The molecule has 5 nitrogen and oxygen atoms in total. The molecule has 0 aromatic heterocycles. The molecule has 1 aliphatic heterocycles. The number of hydrogen-bond acceptors (Lipinski definition) is 3. The Kier molecular flexibility index (Phi) is 5.56. The quantitative estimate of drug-likeness (QED) is 0.920. The number of amides is 2. The lowest BCUT2D eigenvalue weighted by Gasteiger charge is -2.32. The molecule has 2 aromatic carbocycles. The van der Waals surface area contributed by atoms with E-state index in [2.05, 4.69) is 5.32 Å². The molecule has 3 rings (SSSR count). The van der Waals surface area contributed by atoms with Gasteiger partial charge in [-0.05, 0) is 49.6 Å². The van der Waals surface area contributed by atoms with Gasteiger partial charge in [0.15, 0.2) is 0 Å². The minimum Gasteiger partial charge on any atom is -0.496 e. The Morgan fingerprint density at radius 3 is 2.38 bits per heavy atom. The maximum atomic E-state index is 12.7. The van der Waals surface area contributed by atoms with Crippen LogP contribution in [0.4, 0.5) is 0 Å². The van der Waals surface area contributed by atoms with E-state index < -0.39 is 0 Å². The number of piperidine rings is 1. The third-order valence-electron chi connectivity index (χ3n) is 4.81. The summed E-state index contributed by atoms with van der Waals surface area (Å²) in [5.41, 5.74) is 2.31. The molecule has 26 heavy (non-hydrogen) atoms. The minimum absolute atomic E-state index is 0.0103. The van der Waals surface area contributed by atoms with E-state index in [0.717, 1.165) is 24.2 Å². The minimum atomic E-state index is -0.0568. The Labute approximate surface area is 154 Å². The van der Waals surface area contributed by atoms with E-state index in [-0.39, 0.29) is 17.9 Å². The van der Waals surface area contributed by atoms with Gasteiger partial charge in [-0.2, -0.15) is 0 Å². The van der Waals surface area contributed by atoms with Crippen molar-refractivity contribution in [2.75, 3.05) is 20.2 Å². The number of likely N-dealkylation sites (tertiary alicyclic amines) is 1. The number of nitrogens with one attached hydrogen (secondary N) is 1. The summed E-state index contributed by atoms with van der Waals surface area (Å²) in [4.78, 5) is 26.8. The highest BCUT2D eigenvalue weighted by Gasteiger charge is 2.25. The number of methoxy groups -OCH3 is 1. The Morgan fingerprint density at radius 2 is 1.73 bits per heavy atom. The largest absolute Gasteiger partial charge is 0.496 e. The number of aryl methyl sites for hydroxylation is 1. The summed E-state index contributed by atoms with van der Waals surface area (Å²) < 4.78 is 5.31. The Balaban J connectivity index is 1.56. The predicted octanol–water partition coefficient (Wildman–Crippen LogP) is 3.04. The summed E-state index contributed by atoms with van der Waals surface area (Å²) in [5, 5.41) is 3.06. The van der Waals surface area contributed by atoms with Crippen LogP contribution >= 0.6 is 0 Å². The molecule has 1 aliphatic rings. The van der Waals surface area contributed by atoms with Gasteiger partial charge < -0.3 is 15.0 Å². The van der Waals surface area contributed by atoms with Crippen LogP contribution in [-0.2, 0) is 0 Å². The van der Waals surface area contributed by atoms with Crippen molar-refractivity contribution in [3.8, 4) is 5.75 Å². The molecule has 0 aliphatic carbocycles. The van der Waals surface area contributed by atoms with Gasteiger partial charge in [-0.15, -0.1) is 0 Å². The van der Waals surface area contributed by atoms with Crippen molar-refractivity contribution in [1.29, 1.82) is 0 Å². The van der Waals surface area contributed by atoms with Gasteiger partial charge in [-0.1, -0.05) is 24.3 Å². The van der Waals surface area contributed by atoms with Gasteiger partial charge in [0, 0.05) is 30.3 Å². The Bertz CT molecular complexity index is 781. The predicted molar refractivity (Wildman–Crippen MR) is 101 cm³/mol. The van der Waals surface area contributed by atoms with E-state index in [4.69, 9.17) is 4.74 Å². The topological polar surface area (TPSA) is 58.6 Å². The molecule has 2 amide bonds. The third kappa shape index (κ3) is 4.04. The molecule has 0 atom stereocenters. The van der Waals surface area contributed by atoms with Crippen LogP contribution in [0.25, 0.3) is 0 Å². The Hall–Kier alpha value is -2.82. The van der Waals surface area contributed by atoms with Crippen LogP contribution in [0.3, 0.4) is 0 Å². The summed E-state index contributed by atoms with van der Waals surface area (Å²) >= 11 is 0. The highest BCUT2D eigenvalue weighted by atomic mass is 16.5. The van der Waals surface area contributed by atoms with E-state index in [1.807, 2.05) is 42.2 Å². The number of rotatable bonds is 4. The van der Waals surface area contributed by atoms with E-state index in [0.29, 0.717) is 24.2 Å². The van der Waals surface area contributed by atoms with Crippen LogP contribution < -0.4 is 10.1 Å². The zero-order valence-corrected chi connectivity index (χ0v) is 15.2. The van der Waals surface area contributed by atoms with Crippen molar-refractivity contribution < 1.29 is 14.3 Å². The summed E-state index contributed by atoms with van der Waals surface area (Å²) in [6.07, 6.45) is 1.51. The number of hydrogen-bond donors (Lipinski definition) is 1. The van der Waals surface area contributed by atoms with Crippen LogP contribution in [0.5, 0.6) is 5.75 Å². The fourth-order valence-electron chi connectivity index (χ4n) is 3.22. The second kappa shape index (κ2) is 8.04. The van der Waals surface area contributed by atoms with Gasteiger partial charge in [0.2, 0.25) is 0 Å². The van der Waals surface area contributed by atoms with Gasteiger partial charge >= 0.3 is 0 Å². The molecule has 0 bridgehead atoms. The molecule has 1 fully saturated rings. The van der Waals surface area contributed by atoms with Gasteiger partial charge in [0.05, 0.1) is 7.11 Å². The fraction of sp³-hybridized carbons (Fsp3) is 0.333. The normalized spacial score (nSPS) is 14.8. The average Bonchev–Trinajstić information content (AvgIpc) is 2.69. The second-order valence-corrected chi connectivity index (χ2v) is 6.59. The lowest BCUT2D eigenvalue weighted by atomic mass is 10.0. The number of benzene rings is 2. The van der Waals surface area contributed by atoms with Crippen molar-refractivity contribution in [2.45, 2.75) is 25.8 Å². The maximum Gasteiger partial charge on any atom is 0.253 e. The van der Waals surface area contributed by atoms with Crippen molar-refractivity contribution in [3.05, 3.63) is 65.2 Å². The monoisotopic (exact) mass is 352 g/mol. The zero-order chi connectivity index (χ0) is 18.5. The first-order valence-corrected chi connectivity index (χ1v) is 8.88. The smallest absolute Gasteiger partial charge is 0.253 e. The molecule has 0 spiro atoms. The van der Waals surface area contributed by atoms with Crippen molar-refractivity contribution in [3.63, 3.8) is 0 Å². The number of nitrogens with zero attached hydrogens (tertiary/aromatic N) is 1. The first-order valence-electron chi connectivity index (χ1n) is 8.88. The molecular formula is C21H24N2O3. The van der Waals surface area contributed by atoms with Gasteiger partial charge in [-0.25, -0.2) is 0 Å². The third-order valence-corrected chi connectivity index (χ3v) is 4.81. The van der Waals surface area contributed by atoms with Gasteiger partial charge in [0.25, 0.3) is 11.8 Å². The van der Waals surface area contributed by atoms with E-state index in [9.17, 15) is 9.59 Å². The van der Waals surface area contributed by atoms with Gasteiger partial charge in [0.1, 0.15) is 5.75 Å². The number of ether oxygens (including phenoxy) is 1. The first-order chi connectivity index (χ1) is 12.6. The second-order valence-electron chi connectivity index (χ2n) is 6.59. The highest BCUT2D eigenvalue weighted by molar-refractivity contribution is 5.95. The molecule has 0 saturated carbocycles. The van der Waals surface area contributed by atoms with Crippen LogP contribution in [-0.4, -0.2) is 43.0 Å². The molecular weight excluding hydrogens is 328 g/mol. The molecule has 136 valence electrons. The van der Waals surface area contributed by atoms with Crippen LogP contribution in [0.1, 0.15) is 39.1 Å². The van der Waals surface area contributed by atoms with Crippen molar-refractivity contribution in [2.24, 2.45) is 0 Å². The van der Waals surface area contributed by atoms with Crippen LogP contribution in [0, 0.1) is 6.92 Å². The molecule has 1 N–H and O–H groups in total. The van der Waals surface area contributed by atoms with Crippen LogP contribution in [0.2, 0.25) is 0 Å². The van der Waals surface area contributed by atoms with E-state index >= 15 is 0 Å². The van der Waals surface area contributed by atoms with Gasteiger partial charge in [-0.3, -0.25) is 9.59 Å². The standard InChI is InChI=1S/C21H24N2O3/c1-15-8-9-17(14-19(15)26-2)21(25)23-12-10-18(11-13-23)22-20(24)16-6-4-3-5-7-16/h3-9,14,18H,10-13H2,1-2H3,(H,22,24). The highest BCUT2D eigenvalue weighted by Crippen LogP contribution is 2.21. The van der Waals surface area contributed by atoms with Crippen molar-refractivity contribution in [1.82, 2.24) is 10.2 Å². The first kappa shape index (κ1) is 18.0. The molecule has 1 saturated heterocycles. The lowest BCUT2D eigenvalue weighted by Crippen LogP contribution is -2.46. The molecule has 0 radical (unpaired) electrons. The van der Waals surface area contributed by atoms with Crippen molar-refractivity contribution >= 4 is 11.8 Å². The fourth-order valence-corrected chi connectivity index (χ4v) is 3.22. The van der Waals surface area contributed by atoms with E-state index in [1.165, 1.54) is 0 Å². The summed E-state index contributed by atoms with van der Waals surface area (Å²) in [7, 11) is 1.61. The average molecular weight is 352 g/mol. The molecule has 2 aromatic rings. The molecule has 1 heterocycles. The molecule has 0 unspecified atom stereocenters.